The molecule has 2 aromatic rings. The van der Waals surface area contributed by atoms with Crippen LogP contribution in [0.3, 0.4) is 0 Å². The number of piperazine rings is 1. The monoisotopic (exact) mass is 354 g/mol. The summed E-state index contributed by atoms with van der Waals surface area (Å²) in [6, 6.07) is 9.57. The SMILES string of the molecule is O=C([O-])CN1CCN(c2cc(-c3ccc(Cl)cc3)cnn2)CC1.[Na+]. The smallest absolute Gasteiger partial charge is 0.549 e. The first-order valence-corrected chi connectivity index (χ1v) is 7.75. The molecule has 0 unspecified atom stereocenters. The predicted octanol–water partition coefficient (Wildman–Crippen LogP) is -2.33. The minimum atomic E-state index is -1.04. The van der Waals surface area contributed by atoms with Gasteiger partial charge in [0.2, 0.25) is 0 Å². The van der Waals surface area contributed by atoms with E-state index in [1.807, 2.05) is 35.2 Å². The molecule has 8 heteroatoms. The number of carboxylic acid groups (broad SMARTS) is 1. The first-order chi connectivity index (χ1) is 11.1. The number of benzene rings is 1. The number of rotatable bonds is 4. The van der Waals surface area contributed by atoms with Crippen LogP contribution in [-0.2, 0) is 4.79 Å². The summed E-state index contributed by atoms with van der Waals surface area (Å²) in [6.45, 7) is 2.74. The Morgan fingerprint density at radius 1 is 1.12 bits per heavy atom. The minimum absolute atomic E-state index is 0. The Kier molecular flexibility index (Phi) is 7.01. The van der Waals surface area contributed by atoms with E-state index in [-0.39, 0.29) is 36.1 Å². The van der Waals surface area contributed by atoms with E-state index in [9.17, 15) is 9.90 Å². The van der Waals surface area contributed by atoms with Gasteiger partial charge >= 0.3 is 29.6 Å². The molecule has 120 valence electrons. The van der Waals surface area contributed by atoms with Crippen molar-refractivity contribution in [2.45, 2.75) is 0 Å². The van der Waals surface area contributed by atoms with Crippen LogP contribution in [0.1, 0.15) is 0 Å². The third kappa shape index (κ3) is 4.91. The number of carbonyl (C=O) groups is 1. The largest absolute Gasteiger partial charge is 1.00 e. The van der Waals surface area contributed by atoms with E-state index in [1.165, 1.54) is 0 Å². The molecule has 0 aliphatic carbocycles. The first-order valence-electron chi connectivity index (χ1n) is 7.37. The Morgan fingerprint density at radius 2 is 1.79 bits per heavy atom. The molecule has 0 saturated carbocycles. The maximum absolute atomic E-state index is 10.6. The van der Waals surface area contributed by atoms with Crippen molar-refractivity contribution in [1.82, 2.24) is 15.1 Å². The van der Waals surface area contributed by atoms with Crippen molar-refractivity contribution in [2.75, 3.05) is 37.6 Å². The average molecular weight is 355 g/mol. The van der Waals surface area contributed by atoms with Crippen molar-refractivity contribution >= 4 is 23.4 Å². The maximum atomic E-state index is 10.6. The Morgan fingerprint density at radius 3 is 2.42 bits per heavy atom. The van der Waals surface area contributed by atoms with Crippen molar-refractivity contribution in [1.29, 1.82) is 0 Å². The summed E-state index contributed by atoms with van der Waals surface area (Å²) in [7, 11) is 0. The Labute approximate surface area is 167 Å². The standard InChI is InChI=1S/C16H17ClN4O2.Na/c17-14-3-1-12(2-4-14)13-9-15(19-18-10-13)21-7-5-20(6-8-21)11-16(22)23;/h1-4,9-10H,5-8,11H2,(H,22,23);/q;+1/p-1. The Hall–Kier alpha value is -1.18. The zero-order valence-corrected chi connectivity index (χ0v) is 16.2. The number of hydrogen-bond donors (Lipinski definition) is 0. The van der Waals surface area contributed by atoms with Crippen molar-refractivity contribution in [3.8, 4) is 11.1 Å². The fraction of sp³-hybridized carbons (Fsp3) is 0.312. The Bertz CT molecular complexity index is 691. The van der Waals surface area contributed by atoms with Crippen molar-refractivity contribution < 1.29 is 39.5 Å². The van der Waals surface area contributed by atoms with E-state index < -0.39 is 5.97 Å². The van der Waals surface area contributed by atoms with Gasteiger partial charge in [-0.25, -0.2) is 0 Å². The number of carboxylic acids is 1. The molecule has 0 bridgehead atoms. The average Bonchev–Trinajstić information content (AvgIpc) is 2.56. The summed E-state index contributed by atoms with van der Waals surface area (Å²) in [5, 5.41) is 19.6. The Balaban J connectivity index is 0.00000208. The van der Waals surface area contributed by atoms with Gasteiger partial charge in [-0.3, -0.25) is 4.90 Å². The molecular weight excluding hydrogens is 339 g/mol. The van der Waals surface area contributed by atoms with E-state index in [0.717, 1.165) is 16.9 Å². The quantitative estimate of drug-likeness (QED) is 0.574. The van der Waals surface area contributed by atoms with Crippen LogP contribution >= 0.6 is 11.6 Å². The second-order valence-electron chi connectivity index (χ2n) is 5.44. The fourth-order valence-corrected chi connectivity index (χ4v) is 2.75. The number of halogens is 1. The zero-order valence-electron chi connectivity index (χ0n) is 13.5. The van der Waals surface area contributed by atoms with Crippen LogP contribution in [0.25, 0.3) is 11.1 Å². The van der Waals surface area contributed by atoms with Crippen molar-refractivity contribution in [3.05, 3.63) is 41.6 Å². The van der Waals surface area contributed by atoms with Crippen LogP contribution < -0.4 is 39.6 Å². The third-order valence-corrected chi connectivity index (χ3v) is 4.12. The molecule has 0 radical (unpaired) electrons. The molecule has 3 rings (SSSR count). The number of hydrogen-bond acceptors (Lipinski definition) is 6. The number of anilines is 1. The summed E-state index contributed by atoms with van der Waals surface area (Å²) < 4.78 is 0. The van der Waals surface area contributed by atoms with Crippen LogP contribution in [0, 0.1) is 0 Å². The summed E-state index contributed by atoms with van der Waals surface area (Å²) in [6.07, 6.45) is 1.72. The van der Waals surface area contributed by atoms with Gasteiger partial charge in [0.1, 0.15) is 0 Å². The molecule has 0 atom stereocenters. The van der Waals surface area contributed by atoms with Gasteiger partial charge in [-0.1, -0.05) is 23.7 Å². The third-order valence-electron chi connectivity index (χ3n) is 3.87. The van der Waals surface area contributed by atoms with Gasteiger partial charge in [-0.05, 0) is 23.8 Å². The second kappa shape index (κ2) is 8.78. The molecule has 1 aliphatic rings. The number of aromatic nitrogens is 2. The predicted molar refractivity (Wildman–Crippen MR) is 86.1 cm³/mol. The summed E-state index contributed by atoms with van der Waals surface area (Å²) in [5.74, 6) is -0.242. The first kappa shape index (κ1) is 19.1. The van der Waals surface area contributed by atoms with E-state index in [0.29, 0.717) is 31.2 Å². The molecule has 0 spiro atoms. The molecule has 1 aliphatic heterocycles. The molecule has 6 nitrogen and oxygen atoms in total. The normalized spacial score (nSPS) is 15.0. The van der Waals surface area contributed by atoms with Crippen LogP contribution in [0.5, 0.6) is 0 Å². The molecule has 1 fully saturated rings. The van der Waals surface area contributed by atoms with Crippen LogP contribution in [0.15, 0.2) is 36.5 Å². The molecule has 2 heterocycles. The van der Waals surface area contributed by atoms with Crippen LogP contribution in [-0.4, -0.2) is 53.8 Å². The van der Waals surface area contributed by atoms with Gasteiger partial charge in [0.15, 0.2) is 5.82 Å². The summed E-state index contributed by atoms with van der Waals surface area (Å²) in [5.41, 5.74) is 2.00. The van der Waals surface area contributed by atoms with Crippen molar-refractivity contribution in [3.63, 3.8) is 0 Å². The number of nitrogens with zero attached hydrogens (tertiary/aromatic N) is 4. The minimum Gasteiger partial charge on any atom is -0.549 e. The van der Waals surface area contributed by atoms with Crippen LogP contribution in [0.4, 0.5) is 5.82 Å². The van der Waals surface area contributed by atoms with Crippen LogP contribution in [0.2, 0.25) is 5.02 Å². The molecule has 0 amide bonds. The van der Waals surface area contributed by atoms with Gasteiger partial charge in [0.05, 0.1) is 12.2 Å². The summed E-state index contributed by atoms with van der Waals surface area (Å²) >= 11 is 5.91. The van der Waals surface area contributed by atoms with Gasteiger partial charge in [0, 0.05) is 43.3 Å². The molecule has 1 saturated heterocycles. The van der Waals surface area contributed by atoms with E-state index in [2.05, 4.69) is 15.1 Å². The fourth-order valence-electron chi connectivity index (χ4n) is 2.63. The van der Waals surface area contributed by atoms with E-state index in [1.54, 1.807) is 6.20 Å². The molecule has 1 aromatic heterocycles. The number of aliphatic carboxylic acids is 1. The molecule has 0 N–H and O–H groups in total. The summed E-state index contributed by atoms with van der Waals surface area (Å²) in [4.78, 5) is 14.6. The van der Waals surface area contributed by atoms with Gasteiger partial charge in [-0.15, -0.1) is 5.10 Å². The van der Waals surface area contributed by atoms with E-state index >= 15 is 0 Å². The van der Waals surface area contributed by atoms with Gasteiger partial charge in [-0.2, -0.15) is 5.10 Å². The van der Waals surface area contributed by atoms with Crippen molar-refractivity contribution in [2.24, 2.45) is 0 Å². The molecule has 24 heavy (non-hydrogen) atoms. The topological polar surface area (TPSA) is 72.4 Å². The van der Waals surface area contributed by atoms with Gasteiger partial charge < -0.3 is 14.8 Å². The van der Waals surface area contributed by atoms with E-state index in [4.69, 9.17) is 11.6 Å². The number of carbonyl (C=O) groups excluding carboxylic acids is 1. The molecule has 1 aromatic carbocycles. The second-order valence-corrected chi connectivity index (χ2v) is 5.88. The zero-order chi connectivity index (χ0) is 16.2. The maximum Gasteiger partial charge on any atom is 1.00 e. The van der Waals surface area contributed by atoms with Gasteiger partial charge in [0.25, 0.3) is 0 Å². The molecular formula is C16H16ClN4NaO2.